The molecule has 1 heterocycles. The first-order chi connectivity index (χ1) is 18.2. The molecule has 196 valence electrons. The second kappa shape index (κ2) is 11.2. The number of hydrogen-bond acceptors (Lipinski definition) is 7. The van der Waals surface area contributed by atoms with Crippen LogP contribution in [0.2, 0.25) is 10.0 Å². The summed E-state index contributed by atoms with van der Waals surface area (Å²) >= 11 is 12.6. The second-order valence-corrected chi connectivity index (χ2v) is 9.00. The van der Waals surface area contributed by atoms with Crippen LogP contribution in [0.5, 0.6) is 11.5 Å². The number of aliphatic hydroxyl groups excluding tert-OH is 1. The third-order valence-corrected chi connectivity index (χ3v) is 6.53. The zero-order valence-corrected chi connectivity index (χ0v) is 22.2. The van der Waals surface area contributed by atoms with E-state index in [1.807, 2.05) is 0 Å². The van der Waals surface area contributed by atoms with Gasteiger partial charge in [-0.2, -0.15) is 0 Å². The SMILES string of the molecule is CCOC(=O)c1cccc(N2C(=O)C(=O)/C(=C(/O)c3cc(Cl)c(OC)c(Cl)c3)C2c2cccc(OC)c2)c1. The van der Waals surface area contributed by atoms with Gasteiger partial charge in [-0.1, -0.05) is 41.4 Å². The van der Waals surface area contributed by atoms with Crippen molar-refractivity contribution in [3.63, 3.8) is 0 Å². The van der Waals surface area contributed by atoms with E-state index in [-0.39, 0.29) is 44.8 Å². The molecule has 0 spiro atoms. The van der Waals surface area contributed by atoms with Gasteiger partial charge in [0.15, 0.2) is 5.75 Å². The number of amides is 1. The van der Waals surface area contributed by atoms with E-state index in [1.165, 1.54) is 37.3 Å². The molecule has 38 heavy (non-hydrogen) atoms. The molecule has 0 bridgehead atoms. The number of halogens is 2. The van der Waals surface area contributed by atoms with Crippen molar-refractivity contribution >= 4 is 52.3 Å². The fourth-order valence-corrected chi connectivity index (χ4v) is 4.91. The van der Waals surface area contributed by atoms with Crippen LogP contribution in [0.15, 0.2) is 66.2 Å². The molecular weight excluding hydrogens is 533 g/mol. The smallest absolute Gasteiger partial charge is 0.338 e. The highest BCUT2D eigenvalue weighted by atomic mass is 35.5. The number of rotatable bonds is 7. The quantitative estimate of drug-likeness (QED) is 0.170. The number of Topliss-reactive ketones (excluding diaryl/α,β-unsaturated/α-hetero) is 1. The predicted octanol–water partition coefficient (Wildman–Crippen LogP) is 5.81. The van der Waals surface area contributed by atoms with Crippen LogP contribution in [-0.2, 0) is 14.3 Å². The number of carbonyl (C=O) groups is 3. The Labute approximate surface area is 228 Å². The lowest BCUT2D eigenvalue weighted by molar-refractivity contribution is -0.132. The van der Waals surface area contributed by atoms with Gasteiger partial charge in [-0.05, 0) is 55.0 Å². The zero-order valence-electron chi connectivity index (χ0n) is 20.7. The van der Waals surface area contributed by atoms with Gasteiger partial charge in [-0.15, -0.1) is 0 Å². The normalized spacial score (nSPS) is 16.4. The van der Waals surface area contributed by atoms with Crippen LogP contribution >= 0.6 is 23.2 Å². The first-order valence-corrected chi connectivity index (χ1v) is 12.2. The molecule has 1 aliphatic rings. The van der Waals surface area contributed by atoms with Crippen molar-refractivity contribution in [1.29, 1.82) is 0 Å². The fraction of sp³-hybridized carbons (Fsp3) is 0.179. The number of ketones is 1. The van der Waals surface area contributed by atoms with Crippen molar-refractivity contribution in [2.45, 2.75) is 13.0 Å². The van der Waals surface area contributed by atoms with Gasteiger partial charge in [0.05, 0.1) is 48.1 Å². The van der Waals surface area contributed by atoms with Gasteiger partial charge in [0.25, 0.3) is 11.7 Å². The lowest BCUT2D eigenvalue weighted by Crippen LogP contribution is -2.29. The average Bonchev–Trinajstić information content (AvgIpc) is 3.18. The van der Waals surface area contributed by atoms with Gasteiger partial charge in [0, 0.05) is 11.3 Å². The summed E-state index contributed by atoms with van der Waals surface area (Å²) in [7, 11) is 2.88. The highest BCUT2D eigenvalue weighted by Gasteiger charge is 2.47. The van der Waals surface area contributed by atoms with Crippen molar-refractivity contribution < 1.29 is 33.7 Å². The summed E-state index contributed by atoms with van der Waals surface area (Å²) in [5.41, 5.74) is 0.867. The molecule has 1 aliphatic heterocycles. The number of ether oxygens (including phenoxy) is 3. The topological polar surface area (TPSA) is 102 Å². The van der Waals surface area contributed by atoms with Gasteiger partial charge in [-0.25, -0.2) is 4.79 Å². The molecule has 0 aromatic heterocycles. The molecule has 1 saturated heterocycles. The molecule has 10 heteroatoms. The van der Waals surface area contributed by atoms with E-state index in [0.717, 1.165) is 0 Å². The molecule has 0 radical (unpaired) electrons. The highest BCUT2D eigenvalue weighted by molar-refractivity contribution is 6.52. The van der Waals surface area contributed by atoms with Gasteiger partial charge < -0.3 is 19.3 Å². The van der Waals surface area contributed by atoms with E-state index in [0.29, 0.717) is 11.3 Å². The van der Waals surface area contributed by atoms with E-state index in [1.54, 1.807) is 49.4 Å². The van der Waals surface area contributed by atoms with Crippen LogP contribution in [0.3, 0.4) is 0 Å². The largest absolute Gasteiger partial charge is 0.507 e. The number of anilines is 1. The maximum Gasteiger partial charge on any atom is 0.338 e. The molecule has 1 atom stereocenters. The van der Waals surface area contributed by atoms with Crippen molar-refractivity contribution in [3.8, 4) is 11.5 Å². The summed E-state index contributed by atoms with van der Waals surface area (Å²) in [6, 6.07) is 14.6. The zero-order chi connectivity index (χ0) is 27.6. The molecule has 1 fully saturated rings. The van der Waals surface area contributed by atoms with Crippen molar-refractivity contribution in [2.75, 3.05) is 25.7 Å². The molecular formula is C28H23Cl2NO7. The van der Waals surface area contributed by atoms with Crippen molar-refractivity contribution in [2.24, 2.45) is 0 Å². The summed E-state index contributed by atoms with van der Waals surface area (Å²) in [4.78, 5) is 40.5. The Balaban J connectivity index is 1.95. The maximum atomic E-state index is 13.4. The number of aliphatic hydroxyl groups is 1. The van der Waals surface area contributed by atoms with Crippen LogP contribution in [0.25, 0.3) is 5.76 Å². The Bertz CT molecular complexity index is 1440. The fourth-order valence-electron chi connectivity index (χ4n) is 4.27. The predicted molar refractivity (Wildman–Crippen MR) is 143 cm³/mol. The lowest BCUT2D eigenvalue weighted by atomic mass is 9.95. The molecule has 0 aliphatic carbocycles. The molecule has 3 aromatic rings. The van der Waals surface area contributed by atoms with Crippen LogP contribution in [-0.4, -0.2) is 43.6 Å². The number of methoxy groups -OCH3 is 2. The first kappa shape index (κ1) is 27.0. The second-order valence-electron chi connectivity index (χ2n) is 8.19. The summed E-state index contributed by atoms with van der Waals surface area (Å²) < 4.78 is 15.6. The first-order valence-electron chi connectivity index (χ1n) is 11.5. The van der Waals surface area contributed by atoms with Gasteiger partial charge >= 0.3 is 5.97 Å². The minimum atomic E-state index is -1.07. The van der Waals surface area contributed by atoms with E-state index >= 15 is 0 Å². The Morgan fingerprint density at radius 1 is 0.947 bits per heavy atom. The van der Waals surface area contributed by atoms with Crippen LogP contribution in [0, 0.1) is 0 Å². The molecule has 3 aromatic carbocycles. The maximum absolute atomic E-state index is 13.4. The third kappa shape index (κ3) is 4.92. The van der Waals surface area contributed by atoms with Crippen LogP contribution < -0.4 is 14.4 Å². The monoisotopic (exact) mass is 555 g/mol. The molecule has 4 rings (SSSR count). The minimum Gasteiger partial charge on any atom is -0.507 e. The van der Waals surface area contributed by atoms with Gasteiger partial charge in [0.1, 0.15) is 11.5 Å². The highest BCUT2D eigenvalue weighted by Crippen LogP contribution is 2.44. The van der Waals surface area contributed by atoms with Gasteiger partial charge in [-0.3, -0.25) is 14.5 Å². The molecule has 1 amide bonds. The average molecular weight is 556 g/mol. The Morgan fingerprint density at radius 3 is 2.26 bits per heavy atom. The standard InChI is InChI=1S/C28H23Cl2NO7/c1-4-38-28(35)16-8-5-9-18(11-16)31-23(15-7-6-10-19(12-15)36-2)22(25(33)27(31)34)24(32)17-13-20(29)26(37-3)21(30)14-17/h5-14,23,32H,4H2,1-3H3/b24-22+. The van der Waals surface area contributed by atoms with Gasteiger partial charge in [0.2, 0.25) is 0 Å². The molecule has 1 unspecified atom stereocenters. The van der Waals surface area contributed by atoms with E-state index in [9.17, 15) is 19.5 Å². The molecule has 8 nitrogen and oxygen atoms in total. The Kier molecular flexibility index (Phi) is 7.94. The number of nitrogens with zero attached hydrogens (tertiary/aromatic N) is 1. The Morgan fingerprint density at radius 2 is 1.63 bits per heavy atom. The van der Waals surface area contributed by atoms with E-state index < -0.39 is 29.5 Å². The summed E-state index contributed by atoms with van der Waals surface area (Å²) in [5.74, 6) is -2.21. The number of benzene rings is 3. The van der Waals surface area contributed by atoms with Crippen molar-refractivity contribution in [1.82, 2.24) is 0 Å². The number of carbonyl (C=O) groups excluding carboxylic acids is 3. The van der Waals surface area contributed by atoms with E-state index in [2.05, 4.69) is 0 Å². The molecule has 0 saturated carbocycles. The Hall–Kier alpha value is -4.01. The lowest BCUT2D eigenvalue weighted by Gasteiger charge is -2.26. The van der Waals surface area contributed by atoms with Crippen LogP contribution in [0.1, 0.15) is 34.5 Å². The number of esters is 1. The van der Waals surface area contributed by atoms with Crippen molar-refractivity contribution in [3.05, 3.63) is 93.0 Å². The van der Waals surface area contributed by atoms with E-state index in [4.69, 9.17) is 37.4 Å². The summed E-state index contributed by atoms with van der Waals surface area (Å²) in [6.07, 6.45) is 0. The summed E-state index contributed by atoms with van der Waals surface area (Å²) in [5, 5.41) is 11.6. The third-order valence-electron chi connectivity index (χ3n) is 5.97. The van der Waals surface area contributed by atoms with Crippen LogP contribution in [0.4, 0.5) is 5.69 Å². The molecule has 1 N–H and O–H groups in total. The minimum absolute atomic E-state index is 0.107. The summed E-state index contributed by atoms with van der Waals surface area (Å²) in [6.45, 7) is 1.85. The number of hydrogen-bond donors (Lipinski definition) is 1.